The number of rotatable bonds is 3. The highest BCUT2D eigenvalue weighted by Gasteiger charge is 2.17. The van der Waals surface area contributed by atoms with Crippen molar-refractivity contribution < 1.29 is 4.74 Å². The van der Waals surface area contributed by atoms with E-state index in [0.717, 1.165) is 33.8 Å². The number of ether oxygens (including phenoxy) is 1. The van der Waals surface area contributed by atoms with E-state index in [2.05, 4.69) is 10.5 Å². The molecule has 0 bridgehead atoms. The monoisotopic (exact) mass is 395 g/mol. The van der Waals surface area contributed by atoms with Gasteiger partial charge in [0.2, 0.25) is 0 Å². The summed E-state index contributed by atoms with van der Waals surface area (Å²) in [5.41, 5.74) is 7.28. The molecular formula is C21H15Cl2N3O. The summed E-state index contributed by atoms with van der Waals surface area (Å²) >= 11 is 12.3. The van der Waals surface area contributed by atoms with Gasteiger partial charge in [-0.1, -0.05) is 35.3 Å². The number of amidine groups is 1. The van der Waals surface area contributed by atoms with Crippen LogP contribution in [-0.2, 0) is 0 Å². The first-order valence-corrected chi connectivity index (χ1v) is 9.02. The molecule has 4 nitrogen and oxygen atoms in total. The Balaban J connectivity index is 1.82. The normalized spacial score (nSPS) is 13.0. The Morgan fingerprint density at radius 3 is 2.19 bits per heavy atom. The van der Waals surface area contributed by atoms with Crippen LogP contribution >= 0.6 is 23.2 Å². The molecule has 27 heavy (non-hydrogen) atoms. The van der Waals surface area contributed by atoms with E-state index in [9.17, 15) is 0 Å². The van der Waals surface area contributed by atoms with Gasteiger partial charge in [-0.05, 0) is 54.6 Å². The van der Waals surface area contributed by atoms with Crippen molar-refractivity contribution >= 4 is 40.4 Å². The Kier molecular flexibility index (Phi) is 4.84. The van der Waals surface area contributed by atoms with Gasteiger partial charge in [0.25, 0.3) is 0 Å². The molecule has 0 amide bonds. The van der Waals surface area contributed by atoms with Crippen LogP contribution in [-0.4, -0.2) is 18.7 Å². The molecule has 0 saturated carbocycles. The lowest BCUT2D eigenvalue weighted by molar-refractivity contribution is 0.415. The molecule has 3 aromatic rings. The molecule has 0 spiro atoms. The largest absolute Gasteiger partial charge is 0.497 e. The molecule has 1 aliphatic rings. The van der Waals surface area contributed by atoms with Gasteiger partial charge in [-0.25, -0.2) is 4.99 Å². The van der Waals surface area contributed by atoms with E-state index in [1.807, 2.05) is 66.7 Å². The zero-order valence-electron chi connectivity index (χ0n) is 14.4. The van der Waals surface area contributed by atoms with Gasteiger partial charge in [0, 0.05) is 26.7 Å². The highest BCUT2D eigenvalue weighted by molar-refractivity contribution is 6.32. The average molecular weight is 396 g/mol. The predicted octanol–water partition coefficient (Wildman–Crippen LogP) is 5.44. The second-order valence-corrected chi connectivity index (χ2v) is 6.80. The summed E-state index contributed by atoms with van der Waals surface area (Å²) in [4.78, 5) is 4.76. The Bertz CT molecular complexity index is 1040. The maximum Gasteiger partial charge on any atom is 0.154 e. The summed E-state index contributed by atoms with van der Waals surface area (Å²) in [6.07, 6.45) is 0. The Labute approximate surface area is 167 Å². The van der Waals surface area contributed by atoms with E-state index < -0.39 is 0 Å². The third-order valence-corrected chi connectivity index (χ3v) is 4.69. The number of methoxy groups -OCH3 is 1. The molecule has 6 heteroatoms. The summed E-state index contributed by atoms with van der Waals surface area (Å²) in [6, 6.07) is 20.7. The molecule has 0 unspecified atom stereocenters. The second-order valence-electron chi connectivity index (χ2n) is 5.93. The van der Waals surface area contributed by atoms with Crippen molar-refractivity contribution in [1.29, 1.82) is 0 Å². The summed E-state index contributed by atoms with van der Waals surface area (Å²) in [7, 11) is 1.64. The van der Waals surface area contributed by atoms with Crippen molar-refractivity contribution in [2.24, 2.45) is 10.1 Å². The van der Waals surface area contributed by atoms with E-state index >= 15 is 0 Å². The molecule has 134 valence electrons. The third-order valence-electron chi connectivity index (χ3n) is 4.20. The molecule has 3 aromatic carbocycles. The van der Waals surface area contributed by atoms with E-state index in [1.165, 1.54) is 0 Å². The minimum atomic E-state index is 0.624. The number of hydrogen-bond donors (Lipinski definition) is 1. The van der Waals surface area contributed by atoms with Crippen LogP contribution in [0.15, 0.2) is 76.8 Å². The molecule has 4 rings (SSSR count). The van der Waals surface area contributed by atoms with Crippen molar-refractivity contribution in [3.8, 4) is 5.75 Å². The summed E-state index contributed by atoms with van der Waals surface area (Å²) in [5, 5.41) is 5.90. The minimum absolute atomic E-state index is 0.624. The van der Waals surface area contributed by atoms with Crippen LogP contribution in [0.1, 0.15) is 16.7 Å². The van der Waals surface area contributed by atoms with Crippen molar-refractivity contribution in [3.05, 3.63) is 93.5 Å². The van der Waals surface area contributed by atoms with Crippen LogP contribution in [0.5, 0.6) is 5.75 Å². The van der Waals surface area contributed by atoms with E-state index in [1.54, 1.807) is 7.11 Å². The van der Waals surface area contributed by atoms with Gasteiger partial charge in [0.05, 0.1) is 12.8 Å². The number of nitrogens with zero attached hydrogens (tertiary/aromatic N) is 2. The molecule has 0 saturated heterocycles. The fourth-order valence-electron chi connectivity index (χ4n) is 2.82. The van der Waals surface area contributed by atoms with Crippen LogP contribution in [0.3, 0.4) is 0 Å². The van der Waals surface area contributed by atoms with Gasteiger partial charge >= 0.3 is 0 Å². The first-order chi connectivity index (χ1) is 13.1. The first-order valence-electron chi connectivity index (χ1n) is 8.27. The molecule has 0 radical (unpaired) electrons. The number of halogens is 2. The summed E-state index contributed by atoms with van der Waals surface area (Å²) in [6.45, 7) is 0. The molecule has 0 aliphatic carbocycles. The smallest absolute Gasteiger partial charge is 0.154 e. The maximum atomic E-state index is 6.24. The number of nitrogens with one attached hydrogen (secondary N) is 1. The fraction of sp³-hybridized carbons (Fsp3) is 0.0476. The standard InChI is InChI=1S/C21H15Cl2N3O/c1-27-17-9-4-14(5-10-17)21-24-19-11-8-16(23)12-18(19)20(25-26-21)13-2-6-15(22)7-3-13/h2-12H,1H3,(H,24,26). The van der Waals surface area contributed by atoms with Crippen LogP contribution in [0.2, 0.25) is 10.0 Å². The number of hydrazone groups is 1. The van der Waals surface area contributed by atoms with Crippen molar-refractivity contribution in [3.63, 3.8) is 0 Å². The lowest BCUT2D eigenvalue weighted by Crippen LogP contribution is -2.19. The van der Waals surface area contributed by atoms with Crippen LogP contribution < -0.4 is 10.2 Å². The van der Waals surface area contributed by atoms with Gasteiger partial charge < -0.3 is 4.74 Å². The number of hydrogen-bond acceptors (Lipinski definition) is 4. The molecule has 1 N–H and O–H groups in total. The number of fused-ring (bicyclic) bond motifs is 1. The highest BCUT2D eigenvalue weighted by atomic mass is 35.5. The molecule has 0 fully saturated rings. The van der Waals surface area contributed by atoms with E-state index in [0.29, 0.717) is 15.9 Å². The molecular weight excluding hydrogens is 381 g/mol. The van der Waals surface area contributed by atoms with E-state index in [4.69, 9.17) is 32.9 Å². The van der Waals surface area contributed by atoms with Gasteiger partial charge in [-0.15, -0.1) is 0 Å². The van der Waals surface area contributed by atoms with Crippen LogP contribution in [0.4, 0.5) is 5.69 Å². The fourth-order valence-corrected chi connectivity index (χ4v) is 3.11. The molecule has 0 atom stereocenters. The third kappa shape index (κ3) is 3.68. The number of benzene rings is 3. The van der Waals surface area contributed by atoms with Crippen LogP contribution in [0, 0.1) is 0 Å². The maximum absolute atomic E-state index is 6.24. The van der Waals surface area contributed by atoms with Gasteiger partial charge in [0.1, 0.15) is 11.5 Å². The topological polar surface area (TPSA) is 46.0 Å². The van der Waals surface area contributed by atoms with Crippen molar-refractivity contribution in [1.82, 2.24) is 5.43 Å². The van der Waals surface area contributed by atoms with Crippen molar-refractivity contribution in [2.45, 2.75) is 0 Å². The van der Waals surface area contributed by atoms with Crippen molar-refractivity contribution in [2.75, 3.05) is 7.11 Å². The Hall–Kier alpha value is -2.82. The zero-order valence-corrected chi connectivity index (χ0v) is 15.9. The molecule has 1 heterocycles. The SMILES string of the molecule is COc1ccc(C2=Nc3ccc(Cl)cc3C(c3ccc(Cl)cc3)=NN2)cc1. The van der Waals surface area contributed by atoms with Gasteiger partial charge in [-0.2, -0.15) is 5.10 Å². The minimum Gasteiger partial charge on any atom is -0.497 e. The van der Waals surface area contributed by atoms with Crippen LogP contribution in [0.25, 0.3) is 0 Å². The predicted molar refractivity (Wildman–Crippen MR) is 111 cm³/mol. The summed E-state index contributed by atoms with van der Waals surface area (Å²) in [5.74, 6) is 1.43. The van der Waals surface area contributed by atoms with Gasteiger partial charge in [-0.3, -0.25) is 5.43 Å². The summed E-state index contributed by atoms with van der Waals surface area (Å²) < 4.78 is 5.22. The first kappa shape index (κ1) is 17.6. The Morgan fingerprint density at radius 1 is 0.815 bits per heavy atom. The second kappa shape index (κ2) is 7.43. The highest BCUT2D eigenvalue weighted by Crippen LogP contribution is 2.29. The average Bonchev–Trinajstić information content (AvgIpc) is 2.88. The molecule has 0 aromatic heterocycles. The zero-order chi connectivity index (χ0) is 18.8. The van der Waals surface area contributed by atoms with Gasteiger partial charge in [0.15, 0.2) is 5.84 Å². The molecule has 1 aliphatic heterocycles. The Morgan fingerprint density at radius 2 is 1.48 bits per heavy atom. The lowest BCUT2D eigenvalue weighted by Gasteiger charge is -2.08. The quantitative estimate of drug-likeness (QED) is 0.641. The number of aliphatic imine (C=N–C) groups is 1. The lowest BCUT2D eigenvalue weighted by atomic mass is 10.0. The van der Waals surface area contributed by atoms with E-state index in [-0.39, 0.29) is 0 Å².